The molecule has 0 aliphatic rings. The zero-order chi connectivity index (χ0) is 13.5. The van der Waals surface area contributed by atoms with Crippen LogP contribution in [0.4, 0.5) is 4.79 Å². The lowest BCUT2D eigenvalue weighted by Crippen LogP contribution is -2.36. The molecule has 0 spiro atoms. The van der Waals surface area contributed by atoms with Crippen LogP contribution in [0.5, 0.6) is 0 Å². The summed E-state index contributed by atoms with van der Waals surface area (Å²) in [4.78, 5) is 27.4. The Labute approximate surface area is 109 Å². The third-order valence-electron chi connectivity index (χ3n) is 2.70. The third kappa shape index (κ3) is 3.69. The number of benzene rings is 1. The summed E-state index contributed by atoms with van der Waals surface area (Å²) in [6, 6.07) is 7.80. The van der Waals surface area contributed by atoms with Crippen molar-refractivity contribution in [3.05, 3.63) is 36.0 Å². The quantitative estimate of drug-likeness (QED) is 0.557. The van der Waals surface area contributed by atoms with Gasteiger partial charge in [-0.05, 0) is 29.5 Å². The number of H-pyrrole nitrogens is 1. The molecule has 19 heavy (non-hydrogen) atoms. The van der Waals surface area contributed by atoms with E-state index in [0.29, 0.717) is 6.54 Å². The molecule has 0 aliphatic carbocycles. The van der Waals surface area contributed by atoms with Crippen LogP contribution in [0.3, 0.4) is 0 Å². The number of isocyanates is 1. The first-order valence-corrected chi connectivity index (χ1v) is 5.91. The van der Waals surface area contributed by atoms with Gasteiger partial charge in [0.15, 0.2) is 0 Å². The minimum atomic E-state index is -0.347. The highest BCUT2D eigenvalue weighted by Crippen LogP contribution is 2.14. The Morgan fingerprint density at radius 1 is 1.32 bits per heavy atom. The number of aromatic amines is 1. The van der Waals surface area contributed by atoms with Crippen molar-refractivity contribution in [2.24, 2.45) is 4.99 Å². The number of hydrogen-bond donors (Lipinski definition) is 3. The molecule has 2 amide bonds. The van der Waals surface area contributed by atoms with E-state index in [9.17, 15) is 9.59 Å². The molecular weight excluding hydrogens is 244 g/mol. The molecule has 3 N–H and O–H groups in total. The van der Waals surface area contributed by atoms with Crippen LogP contribution in [0.15, 0.2) is 35.5 Å². The zero-order valence-electron chi connectivity index (χ0n) is 10.3. The van der Waals surface area contributed by atoms with E-state index in [-0.39, 0.29) is 12.7 Å². The van der Waals surface area contributed by atoms with Crippen molar-refractivity contribution in [2.45, 2.75) is 6.42 Å². The van der Waals surface area contributed by atoms with E-state index in [2.05, 4.69) is 26.7 Å². The van der Waals surface area contributed by atoms with Gasteiger partial charge in [0, 0.05) is 18.3 Å². The summed E-state index contributed by atoms with van der Waals surface area (Å²) in [6.07, 6.45) is 3.98. The molecular formula is C13H14N4O2. The van der Waals surface area contributed by atoms with Gasteiger partial charge in [-0.25, -0.2) is 9.59 Å². The molecule has 2 aromatic rings. The number of carbonyl (C=O) groups is 1. The molecule has 0 aliphatic heterocycles. The average molecular weight is 258 g/mol. The monoisotopic (exact) mass is 258 g/mol. The summed E-state index contributed by atoms with van der Waals surface area (Å²) in [5.74, 6) is 0. The normalized spacial score (nSPS) is 9.89. The van der Waals surface area contributed by atoms with Crippen LogP contribution in [-0.2, 0) is 11.2 Å². The zero-order valence-corrected chi connectivity index (χ0v) is 10.3. The van der Waals surface area contributed by atoms with Crippen LogP contribution in [0.1, 0.15) is 5.56 Å². The topological polar surface area (TPSA) is 86.3 Å². The fourth-order valence-corrected chi connectivity index (χ4v) is 1.78. The fourth-order valence-electron chi connectivity index (χ4n) is 1.78. The average Bonchev–Trinajstić information content (AvgIpc) is 2.86. The second kappa shape index (κ2) is 6.37. The number of aromatic nitrogens is 1. The lowest BCUT2D eigenvalue weighted by molar-refractivity contribution is 0.241. The predicted octanol–water partition coefficient (Wildman–Crippen LogP) is 1.30. The van der Waals surface area contributed by atoms with Crippen molar-refractivity contribution in [3.63, 3.8) is 0 Å². The predicted molar refractivity (Wildman–Crippen MR) is 71.5 cm³/mol. The number of urea groups is 1. The van der Waals surface area contributed by atoms with E-state index in [1.165, 1.54) is 11.5 Å². The van der Waals surface area contributed by atoms with Crippen molar-refractivity contribution >= 4 is 23.0 Å². The van der Waals surface area contributed by atoms with Crippen molar-refractivity contribution in [3.8, 4) is 0 Å². The van der Waals surface area contributed by atoms with Crippen molar-refractivity contribution in [1.82, 2.24) is 15.6 Å². The van der Waals surface area contributed by atoms with Gasteiger partial charge in [-0.3, -0.25) is 0 Å². The van der Waals surface area contributed by atoms with Crippen molar-refractivity contribution in [2.75, 3.05) is 13.2 Å². The maximum Gasteiger partial charge on any atom is 0.316 e. The van der Waals surface area contributed by atoms with E-state index in [1.54, 1.807) is 0 Å². The SMILES string of the molecule is O=C=NCNC(=O)NCCc1ccc2cc[nH]c2c1. The third-order valence-corrected chi connectivity index (χ3v) is 2.70. The first-order valence-electron chi connectivity index (χ1n) is 5.91. The molecule has 6 heteroatoms. The van der Waals surface area contributed by atoms with E-state index in [4.69, 9.17) is 0 Å². The summed E-state index contributed by atoms with van der Waals surface area (Å²) in [5, 5.41) is 6.26. The number of hydrogen-bond acceptors (Lipinski definition) is 3. The highest BCUT2D eigenvalue weighted by Gasteiger charge is 2.00. The van der Waals surface area contributed by atoms with Crippen molar-refractivity contribution in [1.29, 1.82) is 0 Å². The smallest absolute Gasteiger partial charge is 0.316 e. The van der Waals surface area contributed by atoms with Gasteiger partial charge in [-0.15, -0.1) is 0 Å². The molecule has 0 unspecified atom stereocenters. The minimum Gasteiger partial charge on any atom is -0.361 e. The molecule has 0 bridgehead atoms. The van der Waals surface area contributed by atoms with Gasteiger partial charge in [0.25, 0.3) is 0 Å². The first-order chi connectivity index (χ1) is 9.29. The summed E-state index contributed by atoms with van der Waals surface area (Å²) >= 11 is 0. The van der Waals surface area contributed by atoms with Gasteiger partial charge in [0.05, 0.1) is 0 Å². The Morgan fingerprint density at radius 3 is 3.05 bits per heavy atom. The molecule has 0 atom stereocenters. The molecule has 2 rings (SSSR count). The van der Waals surface area contributed by atoms with E-state index >= 15 is 0 Å². The van der Waals surface area contributed by atoms with E-state index in [0.717, 1.165) is 17.5 Å². The largest absolute Gasteiger partial charge is 0.361 e. The Hall–Kier alpha value is -2.59. The Kier molecular flexibility index (Phi) is 4.31. The summed E-state index contributed by atoms with van der Waals surface area (Å²) in [7, 11) is 0. The molecule has 98 valence electrons. The van der Waals surface area contributed by atoms with Crippen molar-refractivity contribution < 1.29 is 9.59 Å². The van der Waals surface area contributed by atoms with Gasteiger partial charge in [-0.1, -0.05) is 12.1 Å². The Balaban J connectivity index is 1.78. The molecule has 0 saturated carbocycles. The van der Waals surface area contributed by atoms with Gasteiger partial charge >= 0.3 is 6.03 Å². The molecule has 0 fully saturated rings. The van der Waals surface area contributed by atoms with Gasteiger partial charge in [0.2, 0.25) is 6.08 Å². The standard InChI is InChI=1S/C13H14N4O2/c18-9-14-8-17-13(19)16-5-3-10-1-2-11-4-6-15-12(11)7-10/h1-2,4,6-7,15H,3,5,8H2,(H2,16,17,19). The Morgan fingerprint density at radius 2 is 2.21 bits per heavy atom. The molecule has 1 aromatic carbocycles. The number of nitrogens with zero attached hydrogens (tertiary/aromatic N) is 1. The molecule has 1 heterocycles. The number of nitrogens with one attached hydrogen (secondary N) is 3. The maximum atomic E-state index is 11.3. The van der Waals surface area contributed by atoms with Crippen LogP contribution in [0, 0.1) is 0 Å². The maximum absolute atomic E-state index is 11.3. The van der Waals surface area contributed by atoms with Gasteiger partial charge < -0.3 is 15.6 Å². The highest BCUT2D eigenvalue weighted by molar-refractivity contribution is 5.79. The summed E-state index contributed by atoms with van der Waals surface area (Å²) < 4.78 is 0. The summed E-state index contributed by atoms with van der Waals surface area (Å²) in [6.45, 7) is 0.465. The number of rotatable bonds is 5. The summed E-state index contributed by atoms with van der Waals surface area (Å²) in [5.41, 5.74) is 2.23. The minimum absolute atomic E-state index is 0.0518. The Bertz CT molecular complexity index is 614. The van der Waals surface area contributed by atoms with Crippen LogP contribution in [-0.4, -0.2) is 30.3 Å². The number of amides is 2. The second-order valence-electron chi connectivity index (χ2n) is 3.99. The van der Waals surface area contributed by atoms with E-state index in [1.807, 2.05) is 24.4 Å². The lowest BCUT2D eigenvalue weighted by Gasteiger charge is -2.05. The van der Waals surface area contributed by atoms with E-state index < -0.39 is 0 Å². The molecule has 0 saturated heterocycles. The van der Waals surface area contributed by atoms with Crippen LogP contribution >= 0.6 is 0 Å². The van der Waals surface area contributed by atoms with Gasteiger partial charge in [0.1, 0.15) is 6.67 Å². The van der Waals surface area contributed by atoms with Crippen LogP contribution in [0.25, 0.3) is 10.9 Å². The van der Waals surface area contributed by atoms with Crippen LogP contribution in [0.2, 0.25) is 0 Å². The molecule has 6 nitrogen and oxygen atoms in total. The van der Waals surface area contributed by atoms with Crippen LogP contribution < -0.4 is 10.6 Å². The number of fused-ring (bicyclic) bond motifs is 1. The number of aliphatic imine (C=N–C) groups is 1. The second-order valence-corrected chi connectivity index (χ2v) is 3.99. The molecule has 1 aromatic heterocycles. The fraction of sp³-hybridized carbons (Fsp3) is 0.231. The molecule has 0 radical (unpaired) electrons. The highest BCUT2D eigenvalue weighted by atomic mass is 16.2. The first kappa shape index (κ1) is 12.9. The number of carbonyl (C=O) groups excluding carboxylic acids is 2. The lowest BCUT2D eigenvalue weighted by atomic mass is 10.1. The van der Waals surface area contributed by atoms with Gasteiger partial charge in [-0.2, -0.15) is 4.99 Å².